The van der Waals surface area contributed by atoms with E-state index in [1.165, 1.54) is 11.9 Å². The summed E-state index contributed by atoms with van der Waals surface area (Å²) in [6.07, 6.45) is 0.346. The predicted molar refractivity (Wildman–Crippen MR) is 91.2 cm³/mol. The minimum atomic E-state index is -1.29. The Morgan fingerprint density at radius 2 is 1.96 bits per heavy atom. The number of rotatable bonds is 5. The van der Waals surface area contributed by atoms with E-state index < -0.39 is 11.7 Å². The Balaban J connectivity index is 2.58. The minimum Gasteiger partial charge on any atom is -0.498 e. The quantitative estimate of drug-likeness (QED) is 0.501. The number of esters is 1. The normalized spacial score (nSPS) is 22.5. The molecule has 24 heavy (non-hydrogen) atoms. The van der Waals surface area contributed by atoms with Crippen LogP contribution in [0, 0.1) is 0 Å². The third-order valence-electron chi connectivity index (χ3n) is 3.74. The van der Waals surface area contributed by atoms with Gasteiger partial charge in [0.1, 0.15) is 11.3 Å². The van der Waals surface area contributed by atoms with Crippen LogP contribution in [0.2, 0.25) is 5.02 Å². The summed E-state index contributed by atoms with van der Waals surface area (Å²) in [5.41, 5.74) is 2.46. The Labute approximate surface area is 146 Å². The zero-order valence-electron chi connectivity index (χ0n) is 14.2. The zero-order valence-corrected chi connectivity index (χ0v) is 14.9. The van der Waals surface area contributed by atoms with Gasteiger partial charge in [-0.25, -0.2) is 5.01 Å². The summed E-state index contributed by atoms with van der Waals surface area (Å²) in [4.78, 5) is 24.6. The van der Waals surface area contributed by atoms with E-state index in [9.17, 15) is 9.59 Å². The molecule has 0 aromatic heterocycles. The Hall–Kier alpha value is -2.05. The first-order valence-corrected chi connectivity index (χ1v) is 8.14. The zero-order chi connectivity index (χ0) is 17.9. The van der Waals surface area contributed by atoms with Gasteiger partial charge in [-0.3, -0.25) is 9.59 Å². The maximum atomic E-state index is 13.0. The van der Waals surface area contributed by atoms with Crippen molar-refractivity contribution in [3.63, 3.8) is 0 Å². The summed E-state index contributed by atoms with van der Waals surface area (Å²) < 4.78 is 11.0. The standard InChI is InChI=1S/C17H21ClN2O4/c1-5-17(24-12(4)21)15(11(3)23-6-2)16(22)20(19-17)14-10-8-7-9-13(14)18/h7-10,19H,5-6H2,1-4H3. The summed E-state index contributed by atoms with van der Waals surface area (Å²) >= 11 is 6.21. The van der Waals surface area contributed by atoms with E-state index in [2.05, 4.69) is 5.43 Å². The number of halogens is 1. The molecule has 0 radical (unpaired) electrons. The Bertz CT molecular complexity index is 689. The van der Waals surface area contributed by atoms with Gasteiger partial charge in [0.05, 0.1) is 17.3 Å². The van der Waals surface area contributed by atoms with E-state index in [0.717, 1.165) is 0 Å². The molecule has 7 heteroatoms. The molecule has 1 amide bonds. The molecule has 0 bridgehead atoms. The molecule has 1 aliphatic heterocycles. The molecular weight excluding hydrogens is 332 g/mol. The van der Waals surface area contributed by atoms with Crippen molar-refractivity contribution in [1.29, 1.82) is 0 Å². The molecular formula is C17H21ClN2O4. The molecule has 1 heterocycles. The highest BCUT2D eigenvalue weighted by molar-refractivity contribution is 6.34. The number of amides is 1. The number of hydrazine groups is 1. The molecule has 1 fully saturated rings. The molecule has 1 aromatic rings. The summed E-state index contributed by atoms with van der Waals surface area (Å²) in [5.74, 6) is -0.454. The molecule has 1 saturated heterocycles. The van der Waals surface area contributed by atoms with Crippen LogP contribution in [0.5, 0.6) is 0 Å². The van der Waals surface area contributed by atoms with E-state index >= 15 is 0 Å². The van der Waals surface area contributed by atoms with E-state index in [0.29, 0.717) is 29.5 Å². The van der Waals surface area contributed by atoms with Gasteiger partial charge in [-0.05, 0) is 26.0 Å². The fraction of sp³-hybridized carbons (Fsp3) is 0.412. The van der Waals surface area contributed by atoms with E-state index in [4.69, 9.17) is 21.1 Å². The number of hydrogen-bond donors (Lipinski definition) is 1. The number of anilines is 1. The lowest BCUT2D eigenvalue weighted by Gasteiger charge is -2.29. The van der Waals surface area contributed by atoms with Crippen LogP contribution in [-0.2, 0) is 19.1 Å². The molecule has 0 spiro atoms. The number of nitrogens with one attached hydrogen (secondary N) is 1. The number of benzene rings is 1. The summed E-state index contributed by atoms with van der Waals surface area (Å²) in [5, 5.41) is 1.70. The second-order valence-electron chi connectivity index (χ2n) is 5.34. The van der Waals surface area contributed by atoms with E-state index in [1.807, 2.05) is 13.8 Å². The number of ether oxygens (including phenoxy) is 2. The number of carbonyl (C=O) groups excluding carboxylic acids is 2. The molecule has 1 N–H and O–H groups in total. The number of hydrogen-bond acceptors (Lipinski definition) is 5. The van der Waals surface area contributed by atoms with Crippen molar-refractivity contribution >= 4 is 29.2 Å². The van der Waals surface area contributed by atoms with Gasteiger partial charge in [-0.15, -0.1) is 0 Å². The van der Waals surface area contributed by atoms with Gasteiger partial charge in [-0.1, -0.05) is 30.7 Å². The lowest BCUT2D eigenvalue weighted by atomic mass is 10.00. The molecule has 6 nitrogen and oxygen atoms in total. The summed E-state index contributed by atoms with van der Waals surface area (Å²) in [6.45, 7) is 7.02. The maximum absolute atomic E-state index is 13.0. The number of allylic oxidation sites excluding steroid dienone is 1. The van der Waals surface area contributed by atoms with Crippen molar-refractivity contribution in [1.82, 2.24) is 5.43 Å². The van der Waals surface area contributed by atoms with E-state index in [-0.39, 0.29) is 11.5 Å². The van der Waals surface area contributed by atoms with E-state index in [1.54, 1.807) is 31.2 Å². The Kier molecular flexibility index (Phi) is 5.51. The van der Waals surface area contributed by atoms with Crippen LogP contribution < -0.4 is 10.4 Å². The van der Waals surface area contributed by atoms with Crippen LogP contribution in [0.3, 0.4) is 0 Å². The highest BCUT2D eigenvalue weighted by atomic mass is 35.5. The third kappa shape index (κ3) is 3.25. The van der Waals surface area contributed by atoms with Crippen molar-refractivity contribution in [2.45, 2.75) is 39.8 Å². The second kappa shape index (κ2) is 7.23. The van der Waals surface area contributed by atoms with Crippen LogP contribution in [0.25, 0.3) is 0 Å². The fourth-order valence-corrected chi connectivity index (χ4v) is 2.97. The first kappa shape index (κ1) is 18.3. The van der Waals surface area contributed by atoms with Crippen LogP contribution in [-0.4, -0.2) is 24.2 Å². The smallest absolute Gasteiger partial charge is 0.304 e. The number of carbonyl (C=O) groups is 2. The Morgan fingerprint density at radius 1 is 1.29 bits per heavy atom. The molecule has 2 rings (SSSR count). The fourth-order valence-electron chi connectivity index (χ4n) is 2.75. The molecule has 1 aliphatic rings. The van der Waals surface area contributed by atoms with Crippen LogP contribution in [0.15, 0.2) is 35.6 Å². The summed E-state index contributed by atoms with van der Waals surface area (Å²) in [6, 6.07) is 6.93. The van der Waals surface area contributed by atoms with Gasteiger partial charge in [0.15, 0.2) is 0 Å². The Morgan fingerprint density at radius 3 is 2.50 bits per heavy atom. The molecule has 1 atom stereocenters. The molecule has 1 unspecified atom stereocenters. The monoisotopic (exact) mass is 352 g/mol. The highest BCUT2D eigenvalue weighted by Gasteiger charge is 2.52. The second-order valence-corrected chi connectivity index (χ2v) is 5.75. The molecule has 130 valence electrons. The van der Waals surface area contributed by atoms with Crippen molar-refractivity contribution in [2.75, 3.05) is 11.6 Å². The van der Waals surface area contributed by atoms with Gasteiger partial charge >= 0.3 is 5.97 Å². The molecule has 0 saturated carbocycles. The minimum absolute atomic E-state index is 0.266. The topological polar surface area (TPSA) is 67.9 Å². The lowest BCUT2D eigenvalue weighted by Crippen LogP contribution is -2.49. The van der Waals surface area contributed by atoms with Gasteiger partial charge in [0, 0.05) is 13.3 Å². The predicted octanol–water partition coefficient (Wildman–Crippen LogP) is 3.17. The third-order valence-corrected chi connectivity index (χ3v) is 4.05. The van der Waals surface area contributed by atoms with Crippen LogP contribution in [0.4, 0.5) is 5.69 Å². The number of nitrogens with zero attached hydrogens (tertiary/aromatic N) is 1. The SMILES string of the molecule is CCOC(C)=C1C(=O)N(c2ccccc2Cl)NC1(CC)OC(C)=O. The highest BCUT2D eigenvalue weighted by Crippen LogP contribution is 2.38. The first-order chi connectivity index (χ1) is 11.4. The molecule has 1 aromatic carbocycles. The van der Waals surface area contributed by atoms with Crippen molar-refractivity contribution in [2.24, 2.45) is 0 Å². The van der Waals surface area contributed by atoms with Gasteiger partial charge in [-0.2, -0.15) is 5.43 Å². The van der Waals surface area contributed by atoms with Crippen molar-refractivity contribution in [3.8, 4) is 0 Å². The van der Waals surface area contributed by atoms with Crippen LogP contribution in [0.1, 0.15) is 34.1 Å². The molecule has 0 aliphatic carbocycles. The maximum Gasteiger partial charge on any atom is 0.304 e. The average molecular weight is 353 g/mol. The van der Waals surface area contributed by atoms with Crippen LogP contribution >= 0.6 is 11.6 Å². The van der Waals surface area contributed by atoms with Gasteiger partial charge < -0.3 is 9.47 Å². The largest absolute Gasteiger partial charge is 0.498 e. The van der Waals surface area contributed by atoms with Crippen molar-refractivity contribution < 1.29 is 19.1 Å². The summed E-state index contributed by atoms with van der Waals surface area (Å²) in [7, 11) is 0. The first-order valence-electron chi connectivity index (χ1n) is 7.76. The number of para-hydroxylation sites is 1. The van der Waals surface area contributed by atoms with Crippen molar-refractivity contribution in [3.05, 3.63) is 40.6 Å². The average Bonchev–Trinajstić information content (AvgIpc) is 2.80. The lowest BCUT2D eigenvalue weighted by molar-refractivity contribution is -0.155. The van der Waals surface area contributed by atoms with Gasteiger partial charge in [0.25, 0.3) is 5.91 Å². The van der Waals surface area contributed by atoms with Gasteiger partial charge in [0.2, 0.25) is 5.72 Å².